The predicted octanol–water partition coefficient (Wildman–Crippen LogP) is 4.10. The number of nitrogens with two attached hydrogens (primary N) is 1. The fourth-order valence-corrected chi connectivity index (χ4v) is 11.8. The van der Waals surface area contributed by atoms with Crippen LogP contribution in [0, 0.1) is 0 Å². The van der Waals surface area contributed by atoms with Crippen LogP contribution in [0.5, 0.6) is 0 Å². The molecule has 58 heavy (non-hydrogen) atoms. The third kappa shape index (κ3) is 10.4. The number of amides is 1. The summed E-state index contributed by atoms with van der Waals surface area (Å²) in [6.45, 7) is 2.52. The molecular weight excluding hydrogens is 874 g/mol. The highest BCUT2D eigenvalue weighted by Gasteiger charge is 2.53. The number of hydrogen-bond acceptors (Lipinski definition) is 15. The van der Waals surface area contributed by atoms with Gasteiger partial charge < -0.3 is 57.7 Å². The van der Waals surface area contributed by atoms with Crippen molar-refractivity contribution in [3.05, 3.63) is 53.5 Å². The zero-order valence-electron chi connectivity index (χ0n) is 31.2. The first kappa shape index (κ1) is 44.7. The standard InChI is InChI=1S/C29H40BF2N8O13P3S2/c1-17-9-18(2)39-21(17)10-20-6-5-19(40(20)30(39,31)32)7-8-24(41)34-13-29(3,4)58-57-16-49-22-11-25(38-15-37-26-27(33)35-14-36-28(26)38)51-23(22)12-50-55(45,46)53-56(47,48)52-54(42,43)44/h5-6,9-10,14-15,22-23,25H,7-8,11-13,16H2,1-4H3,(H,34,41)(H,45,46)(H,47,48)(H2,33,35,36)(H2,42,43,44)/t22?,23-,25-/m1/s1. The molecule has 7 N–H and O–H groups in total. The number of nitrogens with one attached hydrogen (secondary N) is 1. The monoisotopic (exact) mass is 914 g/mol. The van der Waals surface area contributed by atoms with Gasteiger partial charge in [-0.05, 0) is 45.0 Å². The number of phosphoric acid groups is 3. The molecule has 3 aromatic heterocycles. The molecule has 1 amide bonds. The second-order valence-electron chi connectivity index (χ2n) is 14.0. The van der Waals surface area contributed by atoms with E-state index in [9.17, 15) is 28.3 Å². The minimum atomic E-state index is -5.75. The zero-order valence-corrected chi connectivity index (χ0v) is 35.5. The number of hydrogen-bond donors (Lipinski definition) is 6. The van der Waals surface area contributed by atoms with Crippen molar-refractivity contribution in [2.45, 2.75) is 70.1 Å². The van der Waals surface area contributed by atoms with Gasteiger partial charge in [0.2, 0.25) is 5.91 Å². The number of allylic oxidation sites excluding steroid dienone is 2. The van der Waals surface area contributed by atoms with Gasteiger partial charge in [0.1, 0.15) is 35.8 Å². The molecule has 0 saturated carbocycles. The van der Waals surface area contributed by atoms with Gasteiger partial charge in [-0.15, -0.1) is 0 Å². The van der Waals surface area contributed by atoms with Gasteiger partial charge in [0, 0.05) is 54.5 Å². The van der Waals surface area contributed by atoms with Crippen LogP contribution in [0.3, 0.4) is 0 Å². The summed E-state index contributed by atoms with van der Waals surface area (Å²) in [5.41, 5.74) is 8.91. The van der Waals surface area contributed by atoms with Crippen LogP contribution in [0.25, 0.3) is 17.2 Å². The summed E-state index contributed by atoms with van der Waals surface area (Å²) < 4.78 is 94.3. The van der Waals surface area contributed by atoms with E-state index in [2.05, 4.69) is 28.9 Å². The van der Waals surface area contributed by atoms with E-state index in [0.717, 1.165) is 14.5 Å². The molecule has 3 aliphatic heterocycles. The van der Waals surface area contributed by atoms with Gasteiger partial charge in [-0.2, -0.15) is 8.62 Å². The minimum absolute atomic E-state index is 0.0152. The Kier molecular flexibility index (Phi) is 13.1. The van der Waals surface area contributed by atoms with Crippen LogP contribution in [-0.2, 0) is 47.5 Å². The average molecular weight is 915 g/mol. The maximum Gasteiger partial charge on any atom is 0.737 e. The molecule has 318 valence electrons. The molecule has 0 spiro atoms. The molecule has 29 heteroatoms. The van der Waals surface area contributed by atoms with Crippen LogP contribution in [-0.4, -0.2) is 103 Å². The van der Waals surface area contributed by atoms with Crippen LogP contribution >= 0.6 is 45.1 Å². The van der Waals surface area contributed by atoms with Gasteiger partial charge in [-0.3, -0.25) is 13.9 Å². The van der Waals surface area contributed by atoms with Gasteiger partial charge in [0.05, 0.1) is 19.0 Å². The van der Waals surface area contributed by atoms with Crippen molar-refractivity contribution in [2.24, 2.45) is 0 Å². The van der Waals surface area contributed by atoms with Crippen molar-refractivity contribution in [1.29, 1.82) is 0 Å². The van der Waals surface area contributed by atoms with Crippen molar-refractivity contribution in [3.63, 3.8) is 0 Å². The van der Waals surface area contributed by atoms with Crippen molar-refractivity contribution >= 4 is 86.7 Å². The number of nitrogens with zero attached hydrogens (tertiary/aromatic N) is 6. The Bertz CT molecular complexity index is 2340. The third-order valence-electron chi connectivity index (χ3n) is 9.04. The number of fused-ring (bicyclic) bond motifs is 3. The number of carbonyl (C=O) groups excluding carboxylic acids is 1. The number of ether oxygens (including phenoxy) is 2. The molecule has 3 unspecified atom stereocenters. The summed E-state index contributed by atoms with van der Waals surface area (Å²) in [5.74, 6) is -0.180. The lowest BCUT2D eigenvalue weighted by Crippen LogP contribution is -2.50. The SMILES string of the molecule is CC1=CC(C)=[N+]2C1=Cc1ccc(CCC(=O)NCC(C)(C)SSCOC3C[C@H](n4cnc5c(N)ncnc54)O[C@@H]3COP(=O)(O)OP(=O)(O)OP(=O)(O)O)n1[B-]2(F)F. The fourth-order valence-electron chi connectivity index (χ4n) is 6.61. The van der Waals surface area contributed by atoms with Crippen molar-refractivity contribution < 1.29 is 73.8 Å². The number of imidazole rings is 1. The molecule has 1 saturated heterocycles. The van der Waals surface area contributed by atoms with Crippen molar-refractivity contribution in [2.75, 3.05) is 24.8 Å². The molecule has 6 rings (SSSR count). The summed E-state index contributed by atoms with van der Waals surface area (Å²) >= 11 is 0. The van der Waals surface area contributed by atoms with Crippen molar-refractivity contribution in [3.8, 4) is 0 Å². The first-order valence-corrected chi connectivity index (χ1v) is 24.1. The van der Waals surface area contributed by atoms with Gasteiger partial charge in [-0.25, -0.2) is 28.6 Å². The molecule has 21 nitrogen and oxygen atoms in total. The Labute approximate surface area is 337 Å². The first-order chi connectivity index (χ1) is 27.0. The summed E-state index contributed by atoms with van der Waals surface area (Å²) in [7, 11) is -14.2. The van der Waals surface area contributed by atoms with E-state index in [1.165, 1.54) is 38.8 Å². The first-order valence-electron chi connectivity index (χ1n) is 17.3. The van der Waals surface area contributed by atoms with E-state index in [0.29, 0.717) is 28.4 Å². The molecular formula is C29H40BF2N8O13P3S2. The summed E-state index contributed by atoms with van der Waals surface area (Å²) in [6, 6.07) is 3.25. The summed E-state index contributed by atoms with van der Waals surface area (Å²) in [4.78, 5) is 62.3. The average Bonchev–Trinajstić information content (AvgIpc) is 3.87. The van der Waals surface area contributed by atoms with E-state index in [1.54, 1.807) is 38.1 Å². The predicted molar refractivity (Wildman–Crippen MR) is 209 cm³/mol. The van der Waals surface area contributed by atoms with E-state index < -0.39 is 60.2 Å². The number of halogens is 2. The molecule has 3 aliphatic rings. The zero-order chi connectivity index (χ0) is 42.4. The Morgan fingerprint density at radius 3 is 2.59 bits per heavy atom. The van der Waals surface area contributed by atoms with Crippen LogP contribution < -0.4 is 11.1 Å². The van der Waals surface area contributed by atoms with Crippen LogP contribution in [0.4, 0.5) is 14.4 Å². The molecule has 3 aromatic rings. The second-order valence-corrected chi connectivity index (χ2v) is 21.3. The van der Waals surface area contributed by atoms with Crippen LogP contribution in [0.2, 0.25) is 0 Å². The maximum atomic E-state index is 15.7. The molecule has 0 radical (unpaired) electrons. The highest BCUT2D eigenvalue weighted by molar-refractivity contribution is 8.77. The summed E-state index contributed by atoms with van der Waals surface area (Å²) in [6.07, 6.45) is 3.48. The van der Waals surface area contributed by atoms with E-state index >= 15 is 8.63 Å². The molecule has 0 aliphatic carbocycles. The molecule has 0 bridgehead atoms. The second kappa shape index (κ2) is 16.9. The lowest BCUT2D eigenvalue weighted by Gasteiger charge is -2.31. The lowest BCUT2D eigenvalue weighted by atomic mass is 9.89. The lowest BCUT2D eigenvalue weighted by molar-refractivity contribution is -0.362. The smallest absolute Gasteiger partial charge is 0.394 e. The maximum absolute atomic E-state index is 15.7. The Hall–Kier alpha value is -2.80. The number of aryl methyl sites for hydroxylation is 1. The molecule has 5 atom stereocenters. The Morgan fingerprint density at radius 1 is 1.12 bits per heavy atom. The minimum Gasteiger partial charge on any atom is -0.394 e. The summed E-state index contributed by atoms with van der Waals surface area (Å²) in [5, 5.41) is 2.87. The Balaban J connectivity index is 1.02. The molecule has 1 fully saturated rings. The van der Waals surface area contributed by atoms with E-state index in [-0.39, 0.29) is 49.0 Å². The molecule has 6 heterocycles. The Morgan fingerprint density at radius 2 is 1.86 bits per heavy atom. The quantitative estimate of drug-likeness (QED) is 0.0344. The highest BCUT2D eigenvalue weighted by atomic mass is 33.1. The molecule has 0 aromatic carbocycles. The van der Waals surface area contributed by atoms with Gasteiger partial charge in [0.15, 0.2) is 17.2 Å². The van der Waals surface area contributed by atoms with Crippen molar-refractivity contribution in [1.82, 2.24) is 29.3 Å². The van der Waals surface area contributed by atoms with E-state index in [1.807, 2.05) is 13.8 Å². The van der Waals surface area contributed by atoms with Gasteiger partial charge >= 0.3 is 30.4 Å². The number of phosphoric ester groups is 1. The van der Waals surface area contributed by atoms with Gasteiger partial charge in [-0.1, -0.05) is 21.6 Å². The number of rotatable bonds is 18. The highest BCUT2D eigenvalue weighted by Crippen LogP contribution is 2.66. The number of carbonyl (C=O) groups is 1. The van der Waals surface area contributed by atoms with E-state index in [4.69, 9.17) is 29.5 Å². The normalized spacial score (nSPS) is 22.6. The number of nitrogen functional groups attached to an aromatic ring is 1. The third-order valence-corrected chi connectivity index (χ3v) is 15.8. The van der Waals surface area contributed by atoms with Crippen LogP contribution in [0.15, 0.2) is 42.1 Å². The van der Waals surface area contributed by atoms with Gasteiger partial charge in [0.25, 0.3) is 0 Å². The number of anilines is 1. The fraction of sp³-hybridized carbons (Fsp3) is 0.483. The van der Waals surface area contributed by atoms with Crippen LogP contribution in [0.1, 0.15) is 58.2 Å². The largest absolute Gasteiger partial charge is 0.737 e. The number of aromatic nitrogens is 5. The topological polar surface area (TPSA) is 285 Å².